The van der Waals surface area contributed by atoms with Crippen molar-refractivity contribution in [1.82, 2.24) is 14.1 Å². The first-order chi connectivity index (χ1) is 33.7. The number of aromatic nitrogens is 4. The monoisotopic (exact) mass is 724 g/mol. The summed E-state index contributed by atoms with van der Waals surface area (Å²) in [4.78, 5) is 4.52. The van der Waals surface area contributed by atoms with E-state index in [-0.39, 0.29) is 56.7 Å². The summed E-state index contributed by atoms with van der Waals surface area (Å²) in [5, 5.41) is 0.724. The van der Waals surface area contributed by atoms with Gasteiger partial charge in [0.1, 0.15) is 17.3 Å². The molecule has 3 heterocycles. The zero-order chi connectivity index (χ0) is 50.7. The minimum absolute atomic E-state index is 0.101. The second kappa shape index (κ2) is 13.6. The molecule has 0 saturated heterocycles. The van der Waals surface area contributed by atoms with Crippen LogP contribution in [0.4, 0.5) is 0 Å². The highest BCUT2D eigenvalue weighted by Crippen LogP contribution is 2.37. The van der Waals surface area contributed by atoms with Crippen molar-refractivity contribution in [3.05, 3.63) is 200 Å². The van der Waals surface area contributed by atoms with Crippen LogP contribution in [0.15, 0.2) is 188 Å². The summed E-state index contributed by atoms with van der Waals surface area (Å²) in [7, 11) is 0. The molecule has 262 valence electrons. The van der Waals surface area contributed by atoms with Crippen LogP contribution in [-0.4, -0.2) is 14.1 Å². The van der Waals surface area contributed by atoms with E-state index in [4.69, 9.17) is 26.7 Å². The van der Waals surface area contributed by atoms with E-state index in [0.717, 1.165) is 0 Å². The van der Waals surface area contributed by atoms with E-state index in [1.807, 2.05) is 0 Å². The molecule has 0 atom stereocenters. The van der Waals surface area contributed by atoms with Gasteiger partial charge in [-0.15, -0.1) is 0 Å². The van der Waals surface area contributed by atoms with Crippen LogP contribution in [0.25, 0.3) is 72.3 Å². The molecule has 10 rings (SSSR count). The molecule has 0 spiro atoms. The Balaban J connectivity index is 1.16. The van der Waals surface area contributed by atoms with Gasteiger partial charge in [-0.25, -0.2) is 4.98 Å². The summed E-state index contributed by atoms with van der Waals surface area (Å²) in [6.07, 6.45) is 3.05. The molecule has 0 amide bonds. The molecular formula is C50H36N4O. The number of nitrogens with zero attached hydrogens (tertiary/aromatic N) is 4. The predicted molar refractivity (Wildman–Crippen MR) is 223 cm³/mol. The summed E-state index contributed by atoms with van der Waals surface area (Å²) in [6, 6.07) is 19.8. The number of ether oxygens (including phenoxy) is 1. The first-order valence-corrected chi connectivity index (χ1v) is 17.2. The van der Waals surface area contributed by atoms with Gasteiger partial charge in [0.25, 0.3) is 6.33 Å². The summed E-state index contributed by atoms with van der Waals surface area (Å²) in [5.74, 6) is 0.872. The smallest absolute Gasteiger partial charge is 0.269 e. The second-order valence-electron chi connectivity index (χ2n) is 12.5. The summed E-state index contributed by atoms with van der Waals surface area (Å²) in [6.45, 7) is 1.41. The van der Waals surface area contributed by atoms with E-state index in [1.54, 1.807) is 98.6 Å². The number of pyridine rings is 1. The Bertz CT molecular complexity index is 3770. The molecular weight excluding hydrogens is 673 g/mol. The van der Waals surface area contributed by atoms with Crippen LogP contribution < -0.4 is 9.30 Å². The number of benzene rings is 7. The molecule has 7 aromatic carbocycles. The third-order valence-corrected chi connectivity index (χ3v) is 9.31. The van der Waals surface area contributed by atoms with E-state index in [2.05, 4.69) is 11.3 Å². The topological polar surface area (TPSA) is 35.9 Å². The Kier molecular flexibility index (Phi) is 4.89. The lowest BCUT2D eigenvalue weighted by Gasteiger charge is -2.17. The van der Waals surface area contributed by atoms with Crippen molar-refractivity contribution in [2.45, 2.75) is 13.3 Å². The number of hydrogen-bond donors (Lipinski definition) is 0. The fraction of sp³-hybridized carbons (Fsp3) is 0.0400. The molecule has 0 aliphatic heterocycles. The zero-order valence-corrected chi connectivity index (χ0v) is 29.0. The standard InChI is InChI=1S/C50H36N4O/c1-2-35-29-30-51-49(31-35)54-45-24-10-9-21-43(45)44-28-27-40(33-48(44)54)55-39-20-13-19-38(32-39)52-34-53(47-26-12-11-25-46(47)52)50-41(36-15-5-3-6-16-36)22-14-23-42(50)37-17-7-4-8-18-37/h3-33H,2H2,1H3/i2D2,3D,4D,5D,6D,7D,8D,9D,10D,15D,16D,17D,18D,21D,24D. The lowest BCUT2D eigenvalue weighted by molar-refractivity contribution is -0.571. The lowest BCUT2D eigenvalue weighted by Crippen LogP contribution is -2.31. The van der Waals surface area contributed by atoms with Crippen molar-refractivity contribution in [1.29, 1.82) is 0 Å². The zero-order valence-electron chi connectivity index (χ0n) is 45.0. The molecule has 0 N–H and O–H groups in total. The number of fused-ring (bicyclic) bond motifs is 4. The van der Waals surface area contributed by atoms with Crippen LogP contribution in [0.2, 0.25) is 0 Å². The minimum atomic E-state index is -1.75. The van der Waals surface area contributed by atoms with Crippen LogP contribution in [0, 0.1) is 6.33 Å². The SMILES string of the molecule is [2H]c1c([2H])c([2H])c(-c2cccc(-c3c([2H])c([2H])c([2H])c([2H])c3[2H])c2-[n+]2[c-]n(-c3cccc(Oc4ccc5c6c([2H])c([2H])c([2H])c([2H])c6n(-c6cc(C([2H])([2H])C)ccn6)c5c4)c3)c3ccccc32)c([2H])c1[2H]. The highest BCUT2D eigenvalue weighted by Gasteiger charge is 2.20. The quantitative estimate of drug-likeness (QED) is 0.116. The van der Waals surface area contributed by atoms with Crippen molar-refractivity contribution in [2.75, 3.05) is 0 Å². The Hall–Kier alpha value is -7.24. The average molecular weight is 725 g/mol. The molecule has 0 aliphatic carbocycles. The first kappa shape index (κ1) is 19.7. The second-order valence-corrected chi connectivity index (χ2v) is 12.5. The van der Waals surface area contributed by atoms with Gasteiger partial charge in [0.2, 0.25) is 0 Å². The molecule has 5 heteroatoms. The van der Waals surface area contributed by atoms with Crippen molar-refractivity contribution < 1.29 is 31.2 Å². The Morgan fingerprint density at radius 1 is 0.655 bits per heavy atom. The van der Waals surface area contributed by atoms with Gasteiger partial charge in [-0.3, -0.25) is 13.7 Å². The van der Waals surface area contributed by atoms with Crippen LogP contribution in [-0.2, 0) is 6.37 Å². The van der Waals surface area contributed by atoms with Gasteiger partial charge >= 0.3 is 0 Å². The van der Waals surface area contributed by atoms with Crippen LogP contribution >= 0.6 is 0 Å². The maximum absolute atomic E-state index is 8.98. The molecule has 0 bridgehead atoms. The molecule has 0 aliphatic rings. The first-order valence-electron chi connectivity index (χ1n) is 25.2. The summed E-state index contributed by atoms with van der Waals surface area (Å²) >= 11 is 0. The predicted octanol–water partition coefficient (Wildman–Crippen LogP) is 11.9. The third kappa shape index (κ3) is 5.74. The molecule has 55 heavy (non-hydrogen) atoms. The van der Waals surface area contributed by atoms with Crippen molar-refractivity contribution in [3.63, 3.8) is 0 Å². The molecule has 0 radical (unpaired) electrons. The molecule has 0 unspecified atom stereocenters. The van der Waals surface area contributed by atoms with E-state index < -0.39 is 78.9 Å². The van der Waals surface area contributed by atoms with Crippen molar-refractivity contribution in [3.8, 4) is 50.9 Å². The van der Waals surface area contributed by atoms with Crippen molar-refractivity contribution >= 4 is 32.8 Å². The molecule has 3 aromatic heterocycles. The molecule has 10 aromatic rings. The highest BCUT2D eigenvalue weighted by molar-refractivity contribution is 6.09. The normalized spacial score (nSPS) is 15.8. The van der Waals surface area contributed by atoms with E-state index in [0.29, 0.717) is 44.7 Å². The van der Waals surface area contributed by atoms with Crippen LogP contribution in [0.1, 0.15) is 34.4 Å². The summed E-state index contributed by atoms with van der Waals surface area (Å²) < 4.78 is 150. The maximum Gasteiger partial charge on any atom is 0.269 e. The Labute approximate surface area is 342 Å². The fourth-order valence-corrected chi connectivity index (χ4v) is 6.89. The van der Waals surface area contributed by atoms with Gasteiger partial charge in [-0.2, -0.15) is 0 Å². The van der Waals surface area contributed by atoms with Crippen LogP contribution in [0.5, 0.6) is 11.5 Å². The van der Waals surface area contributed by atoms with E-state index >= 15 is 0 Å². The Morgan fingerprint density at radius 3 is 2.15 bits per heavy atom. The molecule has 0 saturated carbocycles. The number of imidazole rings is 1. The van der Waals surface area contributed by atoms with Gasteiger partial charge in [0.05, 0.1) is 52.6 Å². The number of hydrogen-bond acceptors (Lipinski definition) is 2. The largest absolute Gasteiger partial charge is 0.458 e. The van der Waals surface area contributed by atoms with Crippen molar-refractivity contribution in [2.24, 2.45) is 0 Å². The summed E-state index contributed by atoms with van der Waals surface area (Å²) in [5.41, 5.74) is 2.38. The van der Waals surface area contributed by atoms with Gasteiger partial charge in [0, 0.05) is 25.8 Å². The molecule has 5 nitrogen and oxygen atoms in total. The average Bonchev–Trinajstić information content (AvgIpc) is 3.91. The van der Waals surface area contributed by atoms with Gasteiger partial charge in [-0.1, -0.05) is 134 Å². The van der Waals surface area contributed by atoms with E-state index in [1.165, 1.54) is 25.3 Å². The van der Waals surface area contributed by atoms with E-state index in [9.17, 15) is 0 Å². The Morgan fingerprint density at radius 2 is 1.36 bits per heavy atom. The van der Waals surface area contributed by atoms with Gasteiger partial charge < -0.3 is 4.74 Å². The third-order valence-electron chi connectivity index (χ3n) is 9.31. The lowest BCUT2D eigenvalue weighted by atomic mass is 9.95. The van der Waals surface area contributed by atoms with Gasteiger partial charge in [0.15, 0.2) is 0 Å². The fourth-order valence-electron chi connectivity index (χ4n) is 6.89. The minimum Gasteiger partial charge on any atom is -0.458 e. The number of aryl methyl sites for hydroxylation is 1. The molecule has 0 fully saturated rings. The highest BCUT2D eigenvalue weighted by atomic mass is 16.5. The maximum atomic E-state index is 8.98. The van der Waals surface area contributed by atoms with Crippen LogP contribution in [0.3, 0.4) is 0 Å². The number of para-hydroxylation sites is 4. The van der Waals surface area contributed by atoms with Gasteiger partial charge in [-0.05, 0) is 82.7 Å². The number of rotatable bonds is 8.